The number of amides is 3. The van der Waals surface area contributed by atoms with Gasteiger partial charge in [0.2, 0.25) is 18.0 Å². The van der Waals surface area contributed by atoms with E-state index in [1.54, 1.807) is 19.1 Å². The summed E-state index contributed by atoms with van der Waals surface area (Å²) in [6.45, 7) is 2.47. The van der Waals surface area contributed by atoms with Crippen LogP contribution in [0.5, 0.6) is 5.75 Å². The number of carbonyl (C=O) groups is 3. The van der Waals surface area contributed by atoms with Gasteiger partial charge in [-0.15, -0.1) is 0 Å². The number of ether oxygens (including phenoxy) is 1. The van der Waals surface area contributed by atoms with Gasteiger partial charge in [0.15, 0.2) is 0 Å². The zero-order valence-electron chi connectivity index (χ0n) is 21.5. The molecule has 0 bridgehead atoms. The largest absolute Gasteiger partial charge is 0.491 e. The monoisotopic (exact) mass is 544 g/mol. The maximum atomic E-state index is 13.8. The van der Waals surface area contributed by atoms with E-state index in [0.717, 1.165) is 0 Å². The maximum absolute atomic E-state index is 13.8. The highest BCUT2D eigenvalue weighted by Gasteiger charge is 2.40. The average molecular weight is 545 g/mol. The van der Waals surface area contributed by atoms with Gasteiger partial charge in [-0.1, -0.05) is 55.8 Å². The molecule has 208 valence electrons. The van der Waals surface area contributed by atoms with Crippen LogP contribution in [0.2, 0.25) is 0 Å². The van der Waals surface area contributed by atoms with Crippen molar-refractivity contribution in [2.45, 2.75) is 51.4 Å². The lowest BCUT2D eigenvalue weighted by atomic mass is 9.83. The van der Waals surface area contributed by atoms with Crippen LogP contribution in [-0.2, 0) is 14.4 Å². The second kappa shape index (κ2) is 11.9. The van der Waals surface area contributed by atoms with Gasteiger partial charge in [0.1, 0.15) is 5.75 Å². The first kappa shape index (κ1) is 28.1. The van der Waals surface area contributed by atoms with E-state index in [-0.39, 0.29) is 6.42 Å². The molecule has 11 heteroatoms. The first-order valence-electron chi connectivity index (χ1n) is 13.0. The van der Waals surface area contributed by atoms with Gasteiger partial charge in [0, 0.05) is 35.9 Å². The maximum Gasteiger partial charge on any atom is 0.389 e. The highest BCUT2D eigenvalue weighted by atomic mass is 19.4. The van der Waals surface area contributed by atoms with E-state index >= 15 is 0 Å². The highest BCUT2D eigenvalue weighted by molar-refractivity contribution is 6.21. The molecule has 2 aliphatic heterocycles. The minimum absolute atomic E-state index is 0.120. The summed E-state index contributed by atoms with van der Waals surface area (Å²) >= 11 is 0. The first-order chi connectivity index (χ1) is 18.6. The SMILES string of the molecule is CCC[C@H](C(=O)N[C@H]1N=C(c2ccccc2)c2cccc3c2N(CCCO3)C1=O)[C@@H](CCC(F)(F)F)C(N)=O. The smallest absolute Gasteiger partial charge is 0.389 e. The molecule has 2 aromatic carbocycles. The first-order valence-corrected chi connectivity index (χ1v) is 13.0. The minimum Gasteiger partial charge on any atom is -0.491 e. The van der Waals surface area contributed by atoms with Gasteiger partial charge in [-0.05, 0) is 25.3 Å². The van der Waals surface area contributed by atoms with E-state index in [9.17, 15) is 27.6 Å². The summed E-state index contributed by atoms with van der Waals surface area (Å²) in [6, 6.07) is 14.5. The topological polar surface area (TPSA) is 114 Å². The number of para-hydroxylation sites is 1. The van der Waals surface area contributed by atoms with Gasteiger partial charge in [0.25, 0.3) is 5.91 Å². The number of nitrogens with one attached hydrogen (secondary N) is 1. The van der Waals surface area contributed by atoms with Crippen LogP contribution in [-0.4, -0.2) is 48.9 Å². The third-order valence-electron chi connectivity index (χ3n) is 6.92. The fourth-order valence-electron chi connectivity index (χ4n) is 5.10. The molecule has 3 N–H and O–H groups in total. The predicted molar refractivity (Wildman–Crippen MR) is 139 cm³/mol. The van der Waals surface area contributed by atoms with E-state index in [0.29, 0.717) is 54.3 Å². The molecular weight excluding hydrogens is 513 g/mol. The van der Waals surface area contributed by atoms with E-state index in [1.165, 1.54) is 4.90 Å². The lowest BCUT2D eigenvalue weighted by Gasteiger charge is -2.27. The molecule has 2 aromatic rings. The molecule has 2 heterocycles. The van der Waals surface area contributed by atoms with Crippen molar-refractivity contribution < 1.29 is 32.3 Å². The number of nitrogens with zero attached hydrogens (tertiary/aromatic N) is 2. The zero-order valence-corrected chi connectivity index (χ0v) is 21.5. The van der Waals surface area contributed by atoms with Gasteiger partial charge in [0.05, 0.1) is 18.0 Å². The zero-order chi connectivity index (χ0) is 28.2. The number of rotatable bonds is 9. The Labute approximate surface area is 224 Å². The third kappa shape index (κ3) is 6.40. The molecule has 2 aliphatic rings. The number of carbonyl (C=O) groups excluding carboxylic acids is 3. The van der Waals surface area contributed by atoms with Crippen molar-refractivity contribution in [3.63, 3.8) is 0 Å². The molecule has 0 spiro atoms. The number of aliphatic imine (C=N–C) groups is 1. The van der Waals surface area contributed by atoms with Crippen LogP contribution in [0, 0.1) is 11.8 Å². The fraction of sp³-hybridized carbons (Fsp3) is 0.429. The Bertz CT molecular complexity index is 1250. The lowest BCUT2D eigenvalue weighted by molar-refractivity contribution is -0.146. The molecule has 0 unspecified atom stereocenters. The van der Waals surface area contributed by atoms with Gasteiger partial charge < -0.3 is 20.7 Å². The number of hydrogen-bond acceptors (Lipinski definition) is 5. The number of nitrogens with two attached hydrogens (primary N) is 1. The number of benzene rings is 2. The molecule has 8 nitrogen and oxygen atoms in total. The summed E-state index contributed by atoms with van der Waals surface area (Å²) < 4.78 is 44.8. The van der Waals surface area contributed by atoms with Crippen LogP contribution in [0.15, 0.2) is 53.5 Å². The normalized spacial score (nSPS) is 18.6. The number of primary amides is 1. The summed E-state index contributed by atoms with van der Waals surface area (Å²) in [4.78, 5) is 45.8. The summed E-state index contributed by atoms with van der Waals surface area (Å²) in [5.41, 5.74) is 7.81. The molecule has 0 saturated heterocycles. The number of alkyl halides is 3. The molecule has 3 amide bonds. The Balaban J connectivity index is 1.73. The van der Waals surface area contributed by atoms with Crippen molar-refractivity contribution in [2.75, 3.05) is 18.1 Å². The van der Waals surface area contributed by atoms with Crippen molar-refractivity contribution in [1.29, 1.82) is 0 Å². The quantitative estimate of drug-likeness (QED) is 0.498. The molecule has 3 atom stereocenters. The molecule has 0 fully saturated rings. The van der Waals surface area contributed by atoms with Gasteiger partial charge in [-0.25, -0.2) is 4.99 Å². The van der Waals surface area contributed by atoms with Crippen molar-refractivity contribution in [3.8, 4) is 5.75 Å². The second-order valence-corrected chi connectivity index (χ2v) is 9.66. The molecule has 0 aliphatic carbocycles. The lowest BCUT2D eigenvalue weighted by Crippen LogP contribution is -2.51. The van der Waals surface area contributed by atoms with E-state index < -0.39 is 54.7 Å². The number of anilines is 1. The number of hydrogen-bond donors (Lipinski definition) is 2. The van der Waals surface area contributed by atoms with Gasteiger partial charge >= 0.3 is 6.18 Å². The summed E-state index contributed by atoms with van der Waals surface area (Å²) in [5, 5.41) is 2.64. The Hall–Kier alpha value is -3.89. The molecule has 39 heavy (non-hydrogen) atoms. The molecule has 0 radical (unpaired) electrons. The Morgan fingerprint density at radius 2 is 1.87 bits per heavy atom. The van der Waals surface area contributed by atoms with Gasteiger partial charge in [-0.2, -0.15) is 13.2 Å². The average Bonchev–Trinajstić information content (AvgIpc) is 3.18. The summed E-state index contributed by atoms with van der Waals surface area (Å²) in [5.74, 6) is -4.22. The van der Waals surface area contributed by atoms with Crippen LogP contribution in [0.25, 0.3) is 0 Å². The Morgan fingerprint density at radius 1 is 1.13 bits per heavy atom. The van der Waals surface area contributed by atoms with Crippen molar-refractivity contribution >= 4 is 29.1 Å². The van der Waals surface area contributed by atoms with Crippen molar-refractivity contribution in [3.05, 3.63) is 59.7 Å². The molecule has 4 rings (SSSR count). The van der Waals surface area contributed by atoms with Crippen LogP contribution >= 0.6 is 0 Å². The van der Waals surface area contributed by atoms with E-state index in [2.05, 4.69) is 10.3 Å². The van der Waals surface area contributed by atoms with Crippen molar-refractivity contribution in [2.24, 2.45) is 22.6 Å². The predicted octanol–water partition coefficient (Wildman–Crippen LogP) is 3.96. The molecule has 0 saturated carbocycles. The fourth-order valence-corrected chi connectivity index (χ4v) is 5.10. The van der Waals surface area contributed by atoms with Crippen LogP contribution < -0.4 is 20.7 Å². The minimum atomic E-state index is -4.51. The van der Waals surface area contributed by atoms with Crippen LogP contribution in [0.1, 0.15) is 50.2 Å². The summed E-state index contributed by atoms with van der Waals surface area (Å²) in [6.07, 6.45) is -6.67. The molecular formula is C28H31F3N4O4. The Kier molecular flexibility index (Phi) is 8.57. The van der Waals surface area contributed by atoms with E-state index in [4.69, 9.17) is 10.5 Å². The Morgan fingerprint density at radius 3 is 2.54 bits per heavy atom. The third-order valence-corrected chi connectivity index (χ3v) is 6.92. The van der Waals surface area contributed by atoms with Crippen LogP contribution in [0.3, 0.4) is 0 Å². The highest BCUT2D eigenvalue weighted by Crippen LogP contribution is 2.38. The van der Waals surface area contributed by atoms with Crippen molar-refractivity contribution in [1.82, 2.24) is 5.32 Å². The number of halogens is 3. The standard InChI is InChI=1S/C28H31F3N4O4/c1-2-8-19(18(24(32)36)13-14-28(29,30)31)26(37)34-25-27(38)35-15-7-16-39-21-12-6-11-20(23(21)35)22(33-25)17-9-4-3-5-10-17/h3-6,9-12,18-19,25H,2,7-8,13-16H2,1H3,(H2,32,36)(H,34,37)/t18-,19+,25-/m1/s1. The second-order valence-electron chi connectivity index (χ2n) is 9.66. The molecule has 0 aromatic heterocycles. The van der Waals surface area contributed by atoms with Crippen LogP contribution in [0.4, 0.5) is 18.9 Å². The van der Waals surface area contributed by atoms with E-state index in [1.807, 2.05) is 36.4 Å². The summed E-state index contributed by atoms with van der Waals surface area (Å²) in [7, 11) is 0. The van der Waals surface area contributed by atoms with Gasteiger partial charge in [-0.3, -0.25) is 14.4 Å².